The Morgan fingerprint density at radius 2 is 1.86 bits per heavy atom. The molecule has 0 aliphatic carbocycles. The minimum Gasteiger partial charge on any atom is -0.359 e. The van der Waals surface area contributed by atoms with E-state index >= 15 is 0 Å². The number of rotatable bonds is 6. The molecule has 0 spiro atoms. The van der Waals surface area contributed by atoms with Gasteiger partial charge in [-0.05, 0) is 30.1 Å². The minimum absolute atomic E-state index is 0.386. The Bertz CT molecular complexity index is 160. The molecular weight excluding hydrogens is 174 g/mol. The molecule has 2 nitrogen and oxygen atoms in total. The molecule has 0 saturated carbocycles. The molecule has 2 atom stereocenters. The predicted molar refractivity (Wildman–Crippen MR) is 61.1 cm³/mol. The fourth-order valence-corrected chi connectivity index (χ4v) is 1.69. The molecule has 0 aliphatic rings. The maximum absolute atomic E-state index is 10.0. The van der Waals surface area contributed by atoms with E-state index in [-0.39, 0.29) is 0 Å². The summed E-state index contributed by atoms with van der Waals surface area (Å²) in [4.78, 5) is 10.0. The molecule has 0 aromatic carbocycles. The van der Waals surface area contributed by atoms with E-state index in [9.17, 15) is 4.79 Å². The van der Waals surface area contributed by atoms with Crippen LogP contribution in [-0.2, 0) is 4.79 Å². The number of hydrogen-bond donors (Lipinski definition) is 1. The van der Waals surface area contributed by atoms with Crippen molar-refractivity contribution in [1.29, 1.82) is 0 Å². The van der Waals surface area contributed by atoms with Crippen LogP contribution in [0.25, 0.3) is 0 Å². The Morgan fingerprint density at radius 1 is 1.29 bits per heavy atom. The number of carbonyl (C=O) groups excluding carboxylic acids is 1. The lowest BCUT2D eigenvalue weighted by molar-refractivity contribution is -0.109. The predicted octanol–water partition coefficient (Wildman–Crippen LogP) is 2.83. The summed E-state index contributed by atoms with van der Waals surface area (Å²) < 4.78 is 0. The van der Waals surface area contributed by atoms with E-state index in [0.29, 0.717) is 5.41 Å². The molecular formula is C12H25NO. The average Bonchev–Trinajstić information content (AvgIpc) is 2.09. The zero-order chi connectivity index (χ0) is 11.2. The van der Waals surface area contributed by atoms with Crippen LogP contribution >= 0.6 is 0 Å². The Hall–Kier alpha value is -0.530. The van der Waals surface area contributed by atoms with Gasteiger partial charge in [0.05, 0.1) is 0 Å². The molecule has 14 heavy (non-hydrogen) atoms. The molecule has 0 fully saturated rings. The van der Waals surface area contributed by atoms with Crippen LogP contribution in [-0.4, -0.2) is 13.0 Å². The highest BCUT2D eigenvalue weighted by Gasteiger charge is 2.24. The maximum Gasteiger partial charge on any atom is 0.207 e. The van der Waals surface area contributed by atoms with Gasteiger partial charge in [-0.15, -0.1) is 0 Å². The molecule has 0 aromatic heterocycles. The summed E-state index contributed by atoms with van der Waals surface area (Å²) in [5.74, 6) is 1.45. The second-order valence-corrected chi connectivity index (χ2v) is 5.35. The van der Waals surface area contributed by atoms with Gasteiger partial charge in [0.25, 0.3) is 0 Å². The number of hydrogen-bond acceptors (Lipinski definition) is 1. The van der Waals surface area contributed by atoms with E-state index in [1.807, 2.05) is 0 Å². The normalized spacial score (nSPS) is 16.1. The summed E-state index contributed by atoms with van der Waals surface area (Å²) in [6.45, 7) is 12.3. The van der Waals surface area contributed by atoms with Crippen LogP contribution in [0.5, 0.6) is 0 Å². The zero-order valence-corrected chi connectivity index (χ0v) is 10.3. The number of carbonyl (C=O) groups is 1. The first-order valence-corrected chi connectivity index (χ1v) is 5.56. The van der Waals surface area contributed by atoms with Gasteiger partial charge in [0.1, 0.15) is 0 Å². The summed E-state index contributed by atoms with van der Waals surface area (Å²) in [6, 6.07) is 0. The highest BCUT2D eigenvalue weighted by molar-refractivity contribution is 5.45. The van der Waals surface area contributed by atoms with Gasteiger partial charge in [-0.3, -0.25) is 4.79 Å². The van der Waals surface area contributed by atoms with Crippen LogP contribution in [0, 0.1) is 17.3 Å². The topological polar surface area (TPSA) is 29.1 Å². The zero-order valence-electron chi connectivity index (χ0n) is 10.3. The standard InChI is InChI=1S/C12H25NO/c1-10(7-6-8-13-9-14)11(2)12(3,4)5/h9-11H,6-8H2,1-5H3,(H,13,14). The van der Waals surface area contributed by atoms with E-state index in [0.717, 1.165) is 31.2 Å². The first-order valence-electron chi connectivity index (χ1n) is 5.56. The quantitative estimate of drug-likeness (QED) is 0.517. The van der Waals surface area contributed by atoms with Crippen molar-refractivity contribution in [2.45, 2.75) is 47.5 Å². The van der Waals surface area contributed by atoms with Gasteiger partial charge in [-0.25, -0.2) is 0 Å². The molecule has 1 N–H and O–H groups in total. The molecule has 0 bridgehead atoms. The van der Waals surface area contributed by atoms with Crippen LogP contribution in [0.1, 0.15) is 47.5 Å². The molecule has 84 valence electrons. The second kappa shape index (κ2) is 6.05. The lowest BCUT2D eigenvalue weighted by Crippen LogP contribution is -2.24. The van der Waals surface area contributed by atoms with Crippen molar-refractivity contribution in [1.82, 2.24) is 5.32 Å². The summed E-state index contributed by atoms with van der Waals surface area (Å²) in [7, 11) is 0. The third-order valence-corrected chi connectivity index (χ3v) is 3.28. The molecule has 1 amide bonds. The third kappa shape index (κ3) is 5.25. The first-order chi connectivity index (χ1) is 6.39. The first kappa shape index (κ1) is 13.5. The van der Waals surface area contributed by atoms with E-state index in [2.05, 4.69) is 39.9 Å². The van der Waals surface area contributed by atoms with Gasteiger partial charge in [0.2, 0.25) is 6.41 Å². The van der Waals surface area contributed by atoms with Crippen molar-refractivity contribution < 1.29 is 4.79 Å². The van der Waals surface area contributed by atoms with Crippen LogP contribution < -0.4 is 5.32 Å². The molecule has 0 saturated heterocycles. The largest absolute Gasteiger partial charge is 0.359 e. The maximum atomic E-state index is 10.0. The molecule has 2 heteroatoms. The SMILES string of the molecule is CC(CCCNC=O)C(C)C(C)(C)C. The van der Waals surface area contributed by atoms with E-state index < -0.39 is 0 Å². The van der Waals surface area contributed by atoms with Crippen molar-refractivity contribution in [2.75, 3.05) is 6.54 Å². The van der Waals surface area contributed by atoms with Crippen LogP contribution in [0.4, 0.5) is 0 Å². The Kier molecular flexibility index (Phi) is 5.82. The number of amides is 1. The lowest BCUT2D eigenvalue weighted by Gasteiger charge is -2.32. The monoisotopic (exact) mass is 199 g/mol. The van der Waals surface area contributed by atoms with Crippen molar-refractivity contribution in [3.8, 4) is 0 Å². The molecule has 0 heterocycles. The van der Waals surface area contributed by atoms with Crippen LogP contribution in [0.2, 0.25) is 0 Å². The van der Waals surface area contributed by atoms with Crippen molar-refractivity contribution in [2.24, 2.45) is 17.3 Å². The second-order valence-electron chi connectivity index (χ2n) is 5.35. The summed E-state index contributed by atoms with van der Waals surface area (Å²) in [5.41, 5.74) is 0.386. The summed E-state index contributed by atoms with van der Waals surface area (Å²) >= 11 is 0. The Labute approximate surface area is 88.5 Å². The molecule has 0 rings (SSSR count). The van der Waals surface area contributed by atoms with Gasteiger partial charge in [0, 0.05) is 6.54 Å². The van der Waals surface area contributed by atoms with Gasteiger partial charge in [-0.1, -0.05) is 34.6 Å². The molecule has 0 aromatic rings. The summed E-state index contributed by atoms with van der Waals surface area (Å²) in [6.07, 6.45) is 3.05. The van der Waals surface area contributed by atoms with Gasteiger partial charge < -0.3 is 5.32 Å². The van der Waals surface area contributed by atoms with Gasteiger partial charge in [-0.2, -0.15) is 0 Å². The molecule has 2 unspecified atom stereocenters. The highest BCUT2D eigenvalue weighted by atomic mass is 16.1. The fraction of sp³-hybridized carbons (Fsp3) is 0.917. The van der Waals surface area contributed by atoms with E-state index in [1.165, 1.54) is 6.42 Å². The lowest BCUT2D eigenvalue weighted by atomic mass is 9.74. The Balaban J connectivity index is 3.73. The average molecular weight is 199 g/mol. The highest BCUT2D eigenvalue weighted by Crippen LogP contribution is 2.33. The number of nitrogens with one attached hydrogen (secondary N) is 1. The van der Waals surface area contributed by atoms with E-state index in [4.69, 9.17) is 0 Å². The Morgan fingerprint density at radius 3 is 2.29 bits per heavy atom. The van der Waals surface area contributed by atoms with Gasteiger partial charge >= 0.3 is 0 Å². The van der Waals surface area contributed by atoms with E-state index in [1.54, 1.807) is 0 Å². The van der Waals surface area contributed by atoms with Gasteiger partial charge in [0.15, 0.2) is 0 Å². The minimum atomic E-state index is 0.386. The summed E-state index contributed by atoms with van der Waals surface area (Å²) in [5, 5.41) is 2.70. The van der Waals surface area contributed by atoms with Crippen molar-refractivity contribution in [3.63, 3.8) is 0 Å². The molecule has 0 aliphatic heterocycles. The van der Waals surface area contributed by atoms with Crippen molar-refractivity contribution >= 4 is 6.41 Å². The fourth-order valence-electron chi connectivity index (χ4n) is 1.69. The molecule has 0 radical (unpaired) electrons. The van der Waals surface area contributed by atoms with Crippen LogP contribution in [0.3, 0.4) is 0 Å². The smallest absolute Gasteiger partial charge is 0.207 e. The van der Waals surface area contributed by atoms with Crippen LogP contribution in [0.15, 0.2) is 0 Å². The third-order valence-electron chi connectivity index (χ3n) is 3.28. The van der Waals surface area contributed by atoms with Crippen molar-refractivity contribution in [3.05, 3.63) is 0 Å².